The van der Waals surface area contributed by atoms with Gasteiger partial charge in [-0.25, -0.2) is 0 Å². The van der Waals surface area contributed by atoms with Gasteiger partial charge in [0.05, 0.1) is 39.8 Å². The van der Waals surface area contributed by atoms with Crippen LogP contribution in [0, 0.1) is 0 Å². The number of nitrogens with one attached hydrogen (secondary N) is 1. The molecule has 0 radical (unpaired) electrons. The Balaban J connectivity index is 1.73. The van der Waals surface area contributed by atoms with E-state index >= 15 is 0 Å². The van der Waals surface area contributed by atoms with E-state index in [9.17, 15) is 13.6 Å². The summed E-state index contributed by atoms with van der Waals surface area (Å²) in [6.45, 7) is 1.85. The number of amides is 1. The Morgan fingerprint density at radius 1 is 1.00 bits per heavy atom. The monoisotopic (exact) mass is 464 g/mol. The summed E-state index contributed by atoms with van der Waals surface area (Å²) in [5.74, 6) is -0.397. The van der Waals surface area contributed by atoms with Gasteiger partial charge >= 0.3 is 0 Å². The first-order valence-corrected chi connectivity index (χ1v) is 11.3. The third-order valence-corrected chi connectivity index (χ3v) is 6.01. The highest BCUT2D eigenvalue weighted by atomic mass is 35.5. The fraction of sp³-hybridized carbons (Fsp3) is 0.0833. The van der Waals surface area contributed by atoms with E-state index in [0.717, 1.165) is 15.3 Å². The zero-order valence-corrected chi connectivity index (χ0v) is 18.6. The lowest BCUT2D eigenvalue weighted by atomic mass is 10.1. The minimum absolute atomic E-state index is 0.227. The van der Waals surface area contributed by atoms with Crippen LogP contribution in [0.5, 0.6) is 0 Å². The molecule has 162 valence electrons. The zero-order valence-electron chi connectivity index (χ0n) is 17.1. The molecule has 32 heavy (non-hydrogen) atoms. The topological polar surface area (TPSA) is 85.4 Å². The number of nitrogens with zero attached hydrogens (tertiary/aromatic N) is 2. The molecule has 1 amide bonds. The molecule has 0 saturated carbocycles. The van der Waals surface area contributed by atoms with E-state index in [0.29, 0.717) is 16.2 Å². The molecule has 2 atom stereocenters. The van der Waals surface area contributed by atoms with Crippen LogP contribution in [0.1, 0.15) is 28.9 Å². The summed E-state index contributed by atoms with van der Waals surface area (Å²) in [7, 11) is 0. The minimum Gasteiger partial charge on any atom is -0.755 e. The van der Waals surface area contributed by atoms with Gasteiger partial charge in [-0.2, -0.15) is 0 Å². The number of anilines is 2. The molecule has 1 N–H and O–H groups in total. The van der Waals surface area contributed by atoms with Crippen LogP contribution in [-0.2, 0) is 11.3 Å². The molecule has 3 aromatic carbocycles. The number of carbonyl (C=O) groups is 1. The van der Waals surface area contributed by atoms with Crippen molar-refractivity contribution in [3.05, 3.63) is 101 Å². The number of pyridine rings is 1. The van der Waals surface area contributed by atoms with Crippen LogP contribution in [0.4, 0.5) is 11.4 Å². The van der Waals surface area contributed by atoms with Gasteiger partial charge in [0.25, 0.3) is 5.91 Å². The van der Waals surface area contributed by atoms with E-state index in [4.69, 9.17) is 11.6 Å². The van der Waals surface area contributed by atoms with E-state index < -0.39 is 17.2 Å². The zero-order chi connectivity index (χ0) is 22.7. The van der Waals surface area contributed by atoms with E-state index in [1.54, 1.807) is 60.8 Å². The summed E-state index contributed by atoms with van der Waals surface area (Å²) in [4.78, 5) is 17.5. The van der Waals surface area contributed by atoms with E-state index in [1.165, 1.54) is 0 Å². The third-order valence-electron chi connectivity index (χ3n) is 5.06. The van der Waals surface area contributed by atoms with Crippen LogP contribution in [0.2, 0.25) is 5.02 Å². The molecule has 1 aromatic heterocycles. The van der Waals surface area contributed by atoms with Gasteiger partial charge in [-0.15, -0.1) is 0 Å². The Morgan fingerprint density at radius 3 is 2.44 bits per heavy atom. The van der Waals surface area contributed by atoms with Gasteiger partial charge in [0, 0.05) is 16.6 Å². The molecule has 0 aliphatic rings. The van der Waals surface area contributed by atoms with Gasteiger partial charge in [0.1, 0.15) is 0 Å². The molecule has 0 fully saturated rings. The molecule has 0 aliphatic carbocycles. The molecule has 0 spiro atoms. The summed E-state index contributed by atoms with van der Waals surface area (Å²) in [5, 5.41) is 4.33. The first-order chi connectivity index (χ1) is 15.5. The van der Waals surface area contributed by atoms with Crippen molar-refractivity contribution in [1.82, 2.24) is 10.3 Å². The summed E-state index contributed by atoms with van der Waals surface area (Å²) < 4.78 is 25.8. The Kier molecular flexibility index (Phi) is 6.50. The number of para-hydroxylation sites is 2. The van der Waals surface area contributed by atoms with Crippen molar-refractivity contribution in [3.63, 3.8) is 0 Å². The summed E-state index contributed by atoms with van der Waals surface area (Å²) in [6, 6.07) is 22.3. The second-order valence-corrected chi connectivity index (χ2v) is 8.36. The van der Waals surface area contributed by atoms with Gasteiger partial charge < -0.3 is 9.87 Å². The number of benzene rings is 3. The fourth-order valence-corrected chi connectivity index (χ4v) is 4.25. The number of aromatic nitrogens is 1. The molecular formula is C24H19ClN3O3S-. The lowest BCUT2D eigenvalue weighted by molar-refractivity contribution is 0.0940. The SMILES string of the molecule is CC(NC(=O)c1ccccc1N(c1cccc2cccnc12)S(=O)[O-])c1ccc(Cl)cc1. The summed E-state index contributed by atoms with van der Waals surface area (Å²) in [6.07, 6.45) is 1.60. The Hall–Kier alpha value is -3.26. The van der Waals surface area contributed by atoms with Gasteiger partial charge in [-0.1, -0.05) is 54.1 Å². The highest BCUT2D eigenvalue weighted by Gasteiger charge is 2.22. The van der Waals surface area contributed by atoms with Crippen LogP contribution in [0.15, 0.2) is 85.1 Å². The van der Waals surface area contributed by atoms with E-state index in [1.807, 2.05) is 31.2 Å². The lowest BCUT2D eigenvalue weighted by Gasteiger charge is -2.29. The van der Waals surface area contributed by atoms with Crippen molar-refractivity contribution in [2.24, 2.45) is 0 Å². The van der Waals surface area contributed by atoms with Crippen molar-refractivity contribution in [1.29, 1.82) is 0 Å². The number of carbonyl (C=O) groups excluding carboxylic acids is 1. The van der Waals surface area contributed by atoms with Crippen LogP contribution < -0.4 is 9.62 Å². The molecule has 2 unspecified atom stereocenters. The summed E-state index contributed by atoms with van der Waals surface area (Å²) >= 11 is 3.26. The van der Waals surface area contributed by atoms with E-state index in [2.05, 4.69) is 10.3 Å². The van der Waals surface area contributed by atoms with Gasteiger partial charge in [-0.3, -0.25) is 18.3 Å². The Bertz CT molecular complexity index is 1290. The Morgan fingerprint density at radius 2 is 1.69 bits per heavy atom. The molecule has 4 rings (SSSR count). The van der Waals surface area contributed by atoms with Crippen LogP contribution in [0.3, 0.4) is 0 Å². The second kappa shape index (κ2) is 9.48. The predicted molar refractivity (Wildman–Crippen MR) is 127 cm³/mol. The first kappa shape index (κ1) is 22.0. The smallest absolute Gasteiger partial charge is 0.253 e. The highest BCUT2D eigenvalue weighted by Crippen LogP contribution is 2.34. The molecule has 4 aromatic rings. The van der Waals surface area contributed by atoms with Crippen LogP contribution >= 0.6 is 11.6 Å². The Labute approximate surface area is 193 Å². The van der Waals surface area contributed by atoms with Crippen molar-refractivity contribution in [2.75, 3.05) is 4.31 Å². The average molecular weight is 465 g/mol. The highest BCUT2D eigenvalue weighted by molar-refractivity contribution is 7.81. The van der Waals surface area contributed by atoms with Gasteiger partial charge in [0.2, 0.25) is 0 Å². The molecule has 0 bridgehead atoms. The van der Waals surface area contributed by atoms with Crippen molar-refractivity contribution >= 4 is 51.1 Å². The molecule has 6 nitrogen and oxygen atoms in total. The molecule has 0 aliphatic heterocycles. The maximum absolute atomic E-state index is 13.2. The number of rotatable bonds is 6. The molecular weight excluding hydrogens is 446 g/mol. The van der Waals surface area contributed by atoms with Crippen LogP contribution in [-0.4, -0.2) is 19.7 Å². The first-order valence-electron chi connectivity index (χ1n) is 9.84. The fourth-order valence-electron chi connectivity index (χ4n) is 3.49. The number of fused-ring (bicyclic) bond motifs is 1. The average Bonchev–Trinajstić information content (AvgIpc) is 2.80. The van der Waals surface area contributed by atoms with Gasteiger partial charge in [0.15, 0.2) is 0 Å². The normalized spacial score (nSPS) is 12.8. The largest absolute Gasteiger partial charge is 0.755 e. The molecule has 1 heterocycles. The maximum Gasteiger partial charge on any atom is 0.253 e. The van der Waals surface area contributed by atoms with Gasteiger partial charge in [-0.05, 0) is 48.9 Å². The number of hydrogen-bond acceptors (Lipinski definition) is 4. The van der Waals surface area contributed by atoms with Crippen molar-refractivity contribution < 1.29 is 13.6 Å². The van der Waals surface area contributed by atoms with Crippen LogP contribution in [0.25, 0.3) is 10.9 Å². The molecule has 0 saturated heterocycles. The van der Waals surface area contributed by atoms with Crippen molar-refractivity contribution in [2.45, 2.75) is 13.0 Å². The number of hydrogen-bond donors (Lipinski definition) is 1. The second-order valence-electron chi connectivity index (χ2n) is 7.13. The van der Waals surface area contributed by atoms with E-state index in [-0.39, 0.29) is 17.3 Å². The standard InChI is InChI=1S/C24H20ClN3O3S/c1-16(17-11-13-19(25)14-12-17)27-24(29)20-8-2-3-9-21(20)28(32(30)31)22-10-4-6-18-7-5-15-26-23(18)22/h2-16H,1H3,(H,27,29)(H,30,31)/p-1. The molecule has 8 heteroatoms. The third kappa shape index (κ3) is 4.50. The summed E-state index contributed by atoms with van der Waals surface area (Å²) in [5.41, 5.74) is 2.22. The number of halogens is 1. The minimum atomic E-state index is -2.69. The maximum atomic E-state index is 13.2. The van der Waals surface area contributed by atoms with Crippen molar-refractivity contribution in [3.8, 4) is 0 Å². The lowest BCUT2D eigenvalue weighted by Crippen LogP contribution is -2.29. The quantitative estimate of drug-likeness (QED) is 0.392. The predicted octanol–water partition coefficient (Wildman–Crippen LogP) is 5.31.